The standard InChI is InChI=1S/C24H17NO7/c1-13(2)15-6-9-17-18-11-21(30-3)22(12-20(18)31-24(27)19(17)10-15)32-23(26)14-4-7-16(8-5-14)25(28)29/h4-12H,1H2,2-3H3. The van der Waals surface area contributed by atoms with Crippen molar-refractivity contribution in [3.63, 3.8) is 0 Å². The van der Waals surface area contributed by atoms with E-state index in [-0.39, 0.29) is 28.3 Å². The predicted molar refractivity (Wildman–Crippen MR) is 119 cm³/mol. The van der Waals surface area contributed by atoms with Gasteiger partial charge in [0.15, 0.2) is 11.5 Å². The molecule has 0 aliphatic heterocycles. The van der Waals surface area contributed by atoms with Crippen molar-refractivity contribution in [2.45, 2.75) is 6.92 Å². The van der Waals surface area contributed by atoms with Crippen LogP contribution in [0.5, 0.6) is 11.5 Å². The molecule has 8 nitrogen and oxygen atoms in total. The van der Waals surface area contributed by atoms with E-state index in [0.29, 0.717) is 16.2 Å². The van der Waals surface area contributed by atoms with Crippen LogP contribution in [0, 0.1) is 10.1 Å². The average molecular weight is 431 g/mol. The summed E-state index contributed by atoms with van der Waals surface area (Å²) in [6.45, 7) is 5.74. The van der Waals surface area contributed by atoms with Crippen LogP contribution in [0.2, 0.25) is 0 Å². The molecule has 0 saturated carbocycles. The molecule has 0 fully saturated rings. The number of benzene rings is 3. The van der Waals surface area contributed by atoms with E-state index in [1.54, 1.807) is 18.2 Å². The minimum absolute atomic E-state index is 0.0457. The number of allylic oxidation sites excluding steroid dienone is 1. The van der Waals surface area contributed by atoms with Crippen molar-refractivity contribution in [1.29, 1.82) is 0 Å². The van der Waals surface area contributed by atoms with Crippen LogP contribution >= 0.6 is 0 Å². The first-order valence-electron chi connectivity index (χ1n) is 9.49. The van der Waals surface area contributed by atoms with E-state index in [9.17, 15) is 19.7 Å². The number of nitro benzene ring substituents is 1. The Labute approximate surface area is 181 Å². The third-order valence-electron chi connectivity index (χ3n) is 5.01. The molecule has 0 radical (unpaired) electrons. The Morgan fingerprint density at radius 2 is 1.66 bits per heavy atom. The van der Waals surface area contributed by atoms with E-state index in [1.165, 1.54) is 37.4 Å². The van der Waals surface area contributed by atoms with Gasteiger partial charge in [-0.1, -0.05) is 24.3 Å². The van der Waals surface area contributed by atoms with Gasteiger partial charge in [0.1, 0.15) is 5.58 Å². The van der Waals surface area contributed by atoms with Gasteiger partial charge in [0.05, 0.1) is 23.0 Å². The second-order valence-electron chi connectivity index (χ2n) is 7.12. The number of rotatable bonds is 5. The number of nitrogens with zero attached hydrogens (tertiary/aromatic N) is 1. The second kappa shape index (κ2) is 7.99. The van der Waals surface area contributed by atoms with Crippen molar-refractivity contribution in [2.75, 3.05) is 7.11 Å². The van der Waals surface area contributed by atoms with E-state index in [4.69, 9.17) is 13.9 Å². The molecule has 0 bridgehead atoms. The zero-order valence-electron chi connectivity index (χ0n) is 17.2. The quantitative estimate of drug-likeness (QED) is 0.108. The topological polar surface area (TPSA) is 109 Å². The van der Waals surface area contributed by atoms with Crippen LogP contribution in [0.15, 0.2) is 70.4 Å². The van der Waals surface area contributed by atoms with Gasteiger partial charge in [0.2, 0.25) is 0 Å². The van der Waals surface area contributed by atoms with Crippen molar-refractivity contribution in [3.8, 4) is 11.5 Å². The van der Waals surface area contributed by atoms with Crippen molar-refractivity contribution in [3.05, 3.63) is 92.8 Å². The summed E-state index contributed by atoms with van der Waals surface area (Å²) in [4.78, 5) is 35.3. The molecule has 0 spiro atoms. The minimum atomic E-state index is -0.744. The molecular formula is C24H17NO7. The molecule has 4 aromatic rings. The van der Waals surface area contributed by atoms with Gasteiger partial charge >= 0.3 is 11.6 Å². The van der Waals surface area contributed by atoms with Crippen LogP contribution in [-0.4, -0.2) is 18.0 Å². The molecule has 160 valence electrons. The van der Waals surface area contributed by atoms with Crippen LogP contribution in [0.4, 0.5) is 5.69 Å². The Morgan fingerprint density at radius 1 is 0.969 bits per heavy atom. The van der Waals surface area contributed by atoms with Crippen molar-refractivity contribution >= 4 is 39.0 Å². The number of fused-ring (bicyclic) bond motifs is 3. The molecule has 0 aliphatic rings. The van der Waals surface area contributed by atoms with Crippen LogP contribution in [0.1, 0.15) is 22.8 Å². The van der Waals surface area contributed by atoms with Gasteiger partial charge in [-0.3, -0.25) is 10.1 Å². The maximum atomic E-state index is 12.6. The third-order valence-corrected chi connectivity index (χ3v) is 5.01. The molecule has 1 heterocycles. The number of carbonyl (C=O) groups excluding carboxylic acids is 1. The van der Waals surface area contributed by atoms with Crippen LogP contribution in [0.25, 0.3) is 27.3 Å². The largest absolute Gasteiger partial charge is 0.493 e. The normalized spacial score (nSPS) is 10.8. The van der Waals surface area contributed by atoms with E-state index >= 15 is 0 Å². The first kappa shape index (κ1) is 20.8. The van der Waals surface area contributed by atoms with Gasteiger partial charge in [-0.25, -0.2) is 9.59 Å². The van der Waals surface area contributed by atoms with E-state index in [0.717, 1.165) is 11.1 Å². The lowest BCUT2D eigenvalue weighted by Crippen LogP contribution is -2.09. The lowest BCUT2D eigenvalue weighted by molar-refractivity contribution is -0.384. The molecule has 3 aromatic carbocycles. The SMILES string of the molecule is C=C(C)c1ccc2c(c1)c(=O)oc1cc(OC(=O)c3ccc([N+](=O)[O-])cc3)c(OC)cc12. The second-order valence-corrected chi connectivity index (χ2v) is 7.12. The summed E-state index contributed by atoms with van der Waals surface area (Å²) in [6, 6.07) is 13.4. The highest BCUT2D eigenvalue weighted by Crippen LogP contribution is 2.36. The molecule has 0 aliphatic carbocycles. The molecule has 0 N–H and O–H groups in total. The summed E-state index contributed by atoms with van der Waals surface area (Å²) in [6.07, 6.45) is 0. The zero-order chi connectivity index (χ0) is 23.0. The summed E-state index contributed by atoms with van der Waals surface area (Å²) < 4.78 is 16.3. The summed E-state index contributed by atoms with van der Waals surface area (Å²) in [5.74, 6) is -0.442. The van der Waals surface area contributed by atoms with E-state index in [2.05, 4.69) is 6.58 Å². The lowest BCUT2D eigenvalue weighted by Gasteiger charge is -2.12. The van der Waals surface area contributed by atoms with Crippen molar-refractivity contribution in [1.82, 2.24) is 0 Å². The van der Waals surface area contributed by atoms with Gasteiger partial charge in [-0.05, 0) is 36.8 Å². The number of ether oxygens (including phenoxy) is 2. The van der Waals surface area contributed by atoms with Crippen LogP contribution in [-0.2, 0) is 0 Å². The van der Waals surface area contributed by atoms with Gasteiger partial charge < -0.3 is 13.9 Å². The van der Waals surface area contributed by atoms with E-state index in [1.807, 2.05) is 13.0 Å². The summed E-state index contributed by atoms with van der Waals surface area (Å²) in [7, 11) is 1.42. The van der Waals surface area contributed by atoms with Crippen LogP contribution < -0.4 is 15.1 Å². The molecule has 0 unspecified atom stereocenters. The highest BCUT2D eigenvalue weighted by molar-refractivity contribution is 6.06. The number of carbonyl (C=O) groups is 1. The highest BCUT2D eigenvalue weighted by Gasteiger charge is 2.18. The molecule has 0 amide bonds. The summed E-state index contributed by atoms with van der Waals surface area (Å²) in [5, 5.41) is 12.5. The molecular weight excluding hydrogens is 414 g/mol. The fourth-order valence-electron chi connectivity index (χ4n) is 3.32. The fourth-order valence-corrected chi connectivity index (χ4v) is 3.32. The number of hydrogen-bond donors (Lipinski definition) is 0. The van der Waals surface area contributed by atoms with Crippen molar-refractivity contribution in [2.24, 2.45) is 0 Å². The first-order chi connectivity index (χ1) is 15.3. The van der Waals surface area contributed by atoms with Crippen LogP contribution in [0.3, 0.4) is 0 Å². The van der Waals surface area contributed by atoms with E-state index < -0.39 is 16.5 Å². The van der Waals surface area contributed by atoms with Gasteiger partial charge in [0.25, 0.3) is 5.69 Å². The maximum absolute atomic E-state index is 12.6. The number of methoxy groups -OCH3 is 1. The Hall–Kier alpha value is -4.46. The number of non-ortho nitro benzene ring substituents is 1. The Kier molecular flexibility index (Phi) is 5.19. The van der Waals surface area contributed by atoms with Gasteiger partial charge in [0, 0.05) is 29.0 Å². The molecule has 4 rings (SSSR count). The maximum Gasteiger partial charge on any atom is 0.344 e. The fraction of sp³-hybridized carbons (Fsp3) is 0.0833. The number of esters is 1. The smallest absolute Gasteiger partial charge is 0.344 e. The Balaban J connectivity index is 1.78. The number of nitro groups is 1. The van der Waals surface area contributed by atoms with Crippen molar-refractivity contribution < 1.29 is 23.6 Å². The van der Waals surface area contributed by atoms with Gasteiger partial charge in [-0.2, -0.15) is 0 Å². The highest BCUT2D eigenvalue weighted by atomic mass is 16.6. The first-order valence-corrected chi connectivity index (χ1v) is 9.49. The van der Waals surface area contributed by atoms with Gasteiger partial charge in [-0.15, -0.1) is 0 Å². The molecule has 0 atom stereocenters. The average Bonchev–Trinajstić information content (AvgIpc) is 2.78. The molecule has 0 saturated heterocycles. The third kappa shape index (κ3) is 3.69. The number of hydrogen-bond acceptors (Lipinski definition) is 7. The zero-order valence-corrected chi connectivity index (χ0v) is 17.2. The molecule has 8 heteroatoms. The molecule has 1 aromatic heterocycles. The Morgan fingerprint density at radius 3 is 2.28 bits per heavy atom. The Bertz CT molecular complexity index is 1470. The minimum Gasteiger partial charge on any atom is -0.493 e. The predicted octanol–water partition coefficient (Wildman–Crippen LogP) is 5.12. The molecule has 32 heavy (non-hydrogen) atoms. The summed E-state index contributed by atoms with van der Waals surface area (Å²) >= 11 is 0. The summed E-state index contributed by atoms with van der Waals surface area (Å²) in [5.41, 5.74) is 1.30. The monoisotopic (exact) mass is 431 g/mol. The lowest BCUT2D eigenvalue weighted by atomic mass is 10.0.